The van der Waals surface area contributed by atoms with Crippen LogP contribution in [0, 0.1) is 5.92 Å². The lowest BCUT2D eigenvalue weighted by atomic mass is 9.98. The minimum atomic E-state index is 0.0915. The van der Waals surface area contributed by atoms with Crippen molar-refractivity contribution >= 4 is 17.7 Å². The minimum absolute atomic E-state index is 0.0915. The molecule has 0 saturated carbocycles. The van der Waals surface area contributed by atoms with Gasteiger partial charge in [0.15, 0.2) is 0 Å². The van der Waals surface area contributed by atoms with E-state index in [1.54, 1.807) is 0 Å². The Hall–Kier alpha value is -1.78. The van der Waals surface area contributed by atoms with Gasteiger partial charge in [-0.2, -0.15) is 11.8 Å². The molecule has 1 aliphatic heterocycles. The third-order valence-corrected chi connectivity index (χ3v) is 5.97. The first kappa shape index (κ1) is 19.0. The molecule has 138 valence electrons. The first-order chi connectivity index (χ1) is 12.7. The summed E-state index contributed by atoms with van der Waals surface area (Å²) in [4.78, 5) is 14.5. The molecule has 2 aromatic carbocycles. The maximum Gasteiger partial charge on any atom is 0.223 e. The maximum atomic E-state index is 12.4. The zero-order valence-corrected chi connectivity index (χ0v) is 16.0. The quantitative estimate of drug-likeness (QED) is 0.718. The first-order valence-corrected chi connectivity index (χ1v) is 10.5. The normalized spacial score (nSPS) is 16.8. The molecule has 0 unspecified atom stereocenters. The summed E-state index contributed by atoms with van der Waals surface area (Å²) in [6, 6.07) is 18.6. The van der Waals surface area contributed by atoms with E-state index in [4.69, 9.17) is 5.11 Å². The molecule has 2 aromatic rings. The molecule has 0 aliphatic carbocycles. The number of nitrogens with zero attached hydrogens (tertiary/aromatic N) is 1. The van der Waals surface area contributed by atoms with Gasteiger partial charge in [-0.05, 0) is 35.4 Å². The lowest BCUT2D eigenvalue weighted by Gasteiger charge is -2.16. The standard InChI is InChI=1S/C22H27NO2S/c24-16-19-8-6-18(7-9-19)14-21-10-12-23(15-21)22(25)11-13-26-17-20-4-2-1-3-5-20/h1-9,21,24H,10-17H2/t21-/m1/s1. The first-order valence-electron chi connectivity index (χ1n) is 9.32. The Kier molecular flexibility index (Phi) is 7.15. The number of amides is 1. The van der Waals surface area contributed by atoms with Gasteiger partial charge in [0, 0.05) is 31.0 Å². The average molecular weight is 370 g/mol. The van der Waals surface area contributed by atoms with Crippen LogP contribution in [0.25, 0.3) is 0 Å². The SMILES string of the molecule is O=C(CCSCc1ccccc1)N1CC[C@H](Cc2ccc(CO)cc2)C1. The van der Waals surface area contributed by atoms with Crippen LogP contribution < -0.4 is 0 Å². The van der Waals surface area contributed by atoms with Crippen LogP contribution in [-0.4, -0.2) is 34.8 Å². The molecule has 3 nitrogen and oxygen atoms in total. The number of carbonyl (C=O) groups excluding carboxylic acids is 1. The van der Waals surface area contributed by atoms with Crippen LogP contribution in [0.4, 0.5) is 0 Å². The molecule has 1 heterocycles. The van der Waals surface area contributed by atoms with E-state index in [0.717, 1.165) is 43.0 Å². The van der Waals surface area contributed by atoms with E-state index in [9.17, 15) is 4.79 Å². The van der Waals surface area contributed by atoms with E-state index >= 15 is 0 Å². The highest BCUT2D eigenvalue weighted by molar-refractivity contribution is 7.98. The zero-order chi connectivity index (χ0) is 18.2. The van der Waals surface area contributed by atoms with Gasteiger partial charge in [-0.3, -0.25) is 4.79 Å². The number of likely N-dealkylation sites (tertiary alicyclic amines) is 1. The van der Waals surface area contributed by atoms with Crippen LogP contribution >= 0.6 is 11.8 Å². The summed E-state index contributed by atoms with van der Waals surface area (Å²) in [7, 11) is 0. The number of aliphatic hydroxyl groups is 1. The van der Waals surface area contributed by atoms with Crippen molar-refractivity contribution in [2.45, 2.75) is 31.6 Å². The molecule has 1 N–H and O–H groups in total. The molecule has 1 amide bonds. The van der Waals surface area contributed by atoms with Crippen molar-refractivity contribution < 1.29 is 9.90 Å². The van der Waals surface area contributed by atoms with Gasteiger partial charge in [0.1, 0.15) is 0 Å². The van der Waals surface area contributed by atoms with Crippen LogP contribution in [-0.2, 0) is 23.6 Å². The van der Waals surface area contributed by atoms with Gasteiger partial charge in [-0.25, -0.2) is 0 Å². The fraction of sp³-hybridized carbons (Fsp3) is 0.409. The van der Waals surface area contributed by atoms with E-state index in [1.807, 2.05) is 34.9 Å². The van der Waals surface area contributed by atoms with Crippen LogP contribution in [0.3, 0.4) is 0 Å². The Morgan fingerprint density at radius 1 is 1.04 bits per heavy atom. The predicted octanol–water partition coefficient (Wildman–Crippen LogP) is 3.89. The Balaban J connectivity index is 1.36. The van der Waals surface area contributed by atoms with Crippen molar-refractivity contribution in [1.82, 2.24) is 4.90 Å². The molecule has 0 radical (unpaired) electrons. The molecule has 0 aromatic heterocycles. The van der Waals surface area contributed by atoms with Crippen molar-refractivity contribution in [2.24, 2.45) is 5.92 Å². The third kappa shape index (κ3) is 5.61. The summed E-state index contributed by atoms with van der Waals surface area (Å²) in [6.07, 6.45) is 2.73. The number of hydrogen-bond donors (Lipinski definition) is 1. The highest BCUT2D eigenvalue weighted by atomic mass is 32.2. The molecular weight excluding hydrogens is 342 g/mol. The number of thioether (sulfide) groups is 1. The molecule has 0 bridgehead atoms. The second kappa shape index (κ2) is 9.79. The number of carbonyl (C=O) groups is 1. The second-order valence-electron chi connectivity index (χ2n) is 6.96. The molecule has 1 aliphatic rings. The Morgan fingerprint density at radius 3 is 2.50 bits per heavy atom. The summed E-state index contributed by atoms with van der Waals surface area (Å²) in [5, 5.41) is 9.12. The van der Waals surface area contributed by atoms with Crippen molar-refractivity contribution in [1.29, 1.82) is 0 Å². The van der Waals surface area contributed by atoms with Gasteiger partial charge in [-0.15, -0.1) is 0 Å². The van der Waals surface area contributed by atoms with Gasteiger partial charge in [0.2, 0.25) is 5.91 Å². The van der Waals surface area contributed by atoms with Gasteiger partial charge in [0.05, 0.1) is 6.61 Å². The fourth-order valence-corrected chi connectivity index (χ4v) is 4.31. The Morgan fingerprint density at radius 2 is 1.77 bits per heavy atom. The summed E-state index contributed by atoms with van der Waals surface area (Å²) in [5.41, 5.74) is 3.56. The fourth-order valence-electron chi connectivity index (χ4n) is 3.42. The smallest absolute Gasteiger partial charge is 0.223 e. The van der Waals surface area contributed by atoms with Crippen LogP contribution in [0.2, 0.25) is 0 Å². The average Bonchev–Trinajstić information content (AvgIpc) is 3.15. The molecule has 1 saturated heterocycles. The summed E-state index contributed by atoms with van der Waals surface area (Å²) < 4.78 is 0. The minimum Gasteiger partial charge on any atom is -0.392 e. The summed E-state index contributed by atoms with van der Waals surface area (Å²) in [5.74, 6) is 2.71. The van der Waals surface area contributed by atoms with Gasteiger partial charge in [-0.1, -0.05) is 54.6 Å². The molecule has 26 heavy (non-hydrogen) atoms. The maximum absolute atomic E-state index is 12.4. The van der Waals surface area contributed by atoms with Gasteiger partial charge < -0.3 is 10.0 Å². The highest BCUT2D eigenvalue weighted by Gasteiger charge is 2.25. The van der Waals surface area contributed by atoms with Crippen molar-refractivity contribution in [2.75, 3.05) is 18.8 Å². The monoisotopic (exact) mass is 369 g/mol. The molecular formula is C22H27NO2S. The molecule has 3 rings (SSSR count). The number of hydrogen-bond acceptors (Lipinski definition) is 3. The third-order valence-electron chi connectivity index (χ3n) is 4.94. The Labute approximate surface area is 160 Å². The van der Waals surface area contributed by atoms with Crippen molar-refractivity contribution in [3.05, 3.63) is 71.3 Å². The molecule has 0 spiro atoms. The molecule has 1 atom stereocenters. The number of aliphatic hydroxyl groups excluding tert-OH is 1. The van der Waals surface area contributed by atoms with Crippen molar-refractivity contribution in [3.8, 4) is 0 Å². The van der Waals surface area contributed by atoms with Crippen molar-refractivity contribution in [3.63, 3.8) is 0 Å². The largest absolute Gasteiger partial charge is 0.392 e. The topological polar surface area (TPSA) is 40.5 Å². The molecule has 1 fully saturated rings. The lowest BCUT2D eigenvalue weighted by Crippen LogP contribution is -2.29. The number of benzene rings is 2. The van der Waals surface area contributed by atoms with Gasteiger partial charge >= 0.3 is 0 Å². The second-order valence-corrected chi connectivity index (χ2v) is 8.07. The van der Waals surface area contributed by atoms with E-state index in [0.29, 0.717) is 18.2 Å². The van der Waals surface area contributed by atoms with E-state index in [-0.39, 0.29) is 6.61 Å². The predicted molar refractivity (Wildman–Crippen MR) is 108 cm³/mol. The van der Waals surface area contributed by atoms with E-state index < -0.39 is 0 Å². The highest BCUT2D eigenvalue weighted by Crippen LogP contribution is 2.22. The summed E-state index contributed by atoms with van der Waals surface area (Å²) >= 11 is 1.83. The number of rotatable bonds is 8. The zero-order valence-electron chi connectivity index (χ0n) is 15.1. The summed E-state index contributed by atoms with van der Waals surface area (Å²) in [6.45, 7) is 1.86. The lowest BCUT2D eigenvalue weighted by molar-refractivity contribution is -0.129. The molecule has 4 heteroatoms. The Bertz CT molecular complexity index is 687. The van der Waals surface area contributed by atoms with Gasteiger partial charge in [0.25, 0.3) is 0 Å². The van der Waals surface area contributed by atoms with Crippen LogP contribution in [0.1, 0.15) is 29.5 Å². The van der Waals surface area contributed by atoms with Crippen LogP contribution in [0.15, 0.2) is 54.6 Å². The van der Waals surface area contributed by atoms with E-state index in [1.165, 1.54) is 11.1 Å². The van der Waals surface area contributed by atoms with E-state index in [2.05, 4.69) is 36.4 Å². The van der Waals surface area contributed by atoms with Crippen LogP contribution in [0.5, 0.6) is 0 Å².